The lowest BCUT2D eigenvalue weighted by Gasteiger charge is -2.36. The van der Waals surface area contributed by atoms with Crippen molar-refractivity contribution in [2.45, 2.75) is 25.1 Å². The molecule has 1 N–H and O–H groups in total. The molecule has 1 fully saturated rings. The molecular weight excluding hydrogens is 337 g/mol. The van der Waals surface area contributed by atoms with Crippen LogP contribution in [0.4, 0.5) is 13.2 Å². The van der Waals surface area contributed by atoms with Crippen LogP contribution in [0.25, 0.3) is 10.8 Å². The van der Waals surface area contributed by atoms with Gasteiger partial charge in [-0.2, -0.15) is 13.2 Å². The second kappa shape index (κ2) is 8.19. The Hall–Kier alpha value is -1.30. The average molecular weight is 359 g/mol. The third-order valence-electron chi connectivity index (χ3n) is 4.48. The van der Waals surface area contributed by atoms with E-state index in [9.17, 15) is 13.2 Å². The van der Waals surface area contributed by atoms with Crippen LogP contribution in [0.15, 0.2) is 42.5 Å². The van der Waals surface area contributed by atoms with E-state index >= 15 is 0 Å². The van der Waals surface area contributed by atoms with Gasteiger partial charge in [0.25, 0.3) is 0 Å². The quantitative estimate of drug-likeness (QED) is 0.862. The number of hydrogen-bond acceptors (Lipinski definition) is 2. The summed E-state index contributed by atoms with van der Waals surface area (Å²) in [5, 5.41) is 5.40. The lowest BCUT2D eigenvalue weighted by Crippen LogP contribution is -2.45. The van der Waals surface area contributed by atoms with Gasteiger partial charge < -0.3 is 5.32 Å². The van der Waals surface area contributed by atoms with Gasteiger partial charge in [0.1, 0.15) is 0 Å². The first-order valence-electron chi connectivity index (χ1n) is 8.04. The van der Waals surface area contributed by atoms with E-state index in [-0.39, 0.29) is 24.9 Å². The van der Waals surface area contributed by atoms with Gasteiger partial charge in [-0.1, -0.05) is 42.5 Å². The Balaban J connectivity index is 0.00000208. The molecule has 0 bridgehead atoms. The highest BCUT2D eigenvalue weighted by Crippen LogP contribution is 2.35. The third kappa shape index (κ3) is 4.62. The van der Waals surface area contributed by atoms with Crippen LogP contribution in [-0.2, 0) is 0 Å². The first kappa shape index (κ1) is 19.0. The van der Waals surface area contributed by atoms with Gasteiger partial charge in [0.15, 0.2) is 0 Å². The molecule has 0 saturated carbocycles. The van der Waals surface area contributed by atoms with E-state index in [1.807, 2.05) is 42.5 Å². The molecule has 24 heavy (non-hydrogen) atoms. The number of halogens is 4. The van der Waals surface area contributed by atoms with Gasteiger partial charge >= 0.3 is 6.18 Å². The van der Waals surface area contributed by atoms with Crippen LogP contribution in [-0.4, -0.2) is 37.3 Å². The minimum absolute atomic E-state index is 0. The number of hydrogen-bond donors (Lipinski definition) is 1. The van der Waals surface area contributed by atoms with Crippen molar-refractivity contribution in [1.29, 1.82) is 0 Å². The summed E-state index contributed by atoms with van der Waals surface area (Å²) in [4.78, 5) is 2.18. The molecule has 2 aromatic rings. The minimum Gasteiger partial charge on any atom is -0.314 e. The van der Waals surface area contributed by atoms with Crippen molar-refractivity contribution < 1.29 is 13.2 Å². The predicted molar refractivity (Wildman–Crippen MR) is 93.7 cm³/mol. The molecule has 1 saturated heterocycles. The van der Waals surface area contributed by atoms with Crippen LogP contribution in [0.2, 0.25) is 0 Å². The number of benzene rings is 2. The summed E-state index contributed by atoms with van der Waals surface area (Å²) in [5.74, 6) is 0. The summed E-state index contributed by atoms with van der Waals surface area (Å²) in [6.07, 6.45) is -4.75. The van der Waals surface area contributed by atoms with Crippen molar-refractivity contribution in [3.63, 3.8) is 0 Å². The van der Waals surface area contributed by atoms with E-state index in [0.29, 0.717) is 0 Å². The first-order chi connectivity index (χ1) is 11.0. The highest BCUT2D eigenvalue weighted by atomic mass is 35.5. The maximum Gasteiger partial charge on any atom is 0.389 e. The zero-order valence-corrected chi connectivity index (χ0v) is 14.2. The van der Waals surface area contributed by atoms with E-state index in [1.165, 1.54) is 0 Å². The molecule has 0 amide bonds. The van der Waals surface area contributed by atoms with Gasteiger partial charge in [0.2, 0.25) is 0 Å². The summed E-state index contributed by atoms with van der Waals surface area (Å²) < 4.78 is 38.3. The molecule has 0 aliphatic carbocycles. The van der Waals surface area contributed by atoms with E-state index in [1.54, 1.807) is 0 Å². The van der Waals surface area contributed by atoms with Gasteiger partial charge in [-0.25, -0.2) is 0 Å². The smallest absolute Gasteiger partial charge is 0.314 e. The van der Waals surface area contributed by atoms with Gasteiger partial charge in [-0.15, -0.1) is 12.4 Å². The number of piperazine rings is 1. The summed E-state index contributed by atoms with van der Waals surface area (Å²) in [6.45, 7) is 3.22. The predicted octanol–water partition coefficient (Wildman–Crippen LogP) is 4.55. The lowest BCUT2D eigenvalue weighted by atomic mass is 9.94. The van der Waals surface area contributed by atoms with Crippen LogP contribution in [0.1, 0.15) is 24.4 Å². The molecule has 1 aliphatic heterocycles. The minimum atomic E-state index is -4.11. The zero-order valence-electron chi connectivity index (χ0n) is 13.4. The second-order valence-electron chi connectivity index (χ2n) is 6.02. The monoisotopic (exact) mass is 358 g/mol. The van der Waals surface area contributed by atoms with Crippen LogP contribution >= 0.6 is 12.4 Å². The van der Waals surface area contributed by atoms with Crippen LogP contribution in [0.5, 0.6) is 0 Å². The summed E-state index contributed by atoms with van der Waals surface area (Å²) in [7, 11) is 0. The highest BCUT2D eigenvalue weighted by molar-refractivity contribution is 5.86. The highest BCUT2D eigenvalue weighted by Gasteiger charge is 2.31. The Kier molecular flexibility index (Phi) is 6.49. The molecule has 0 spiro atoms. The molecule has 2 aromatic carbocycles. The number of nitrogens with one attached hydrogen (secondary N) is 1. The zero-order chi connectivity index (χ0) is 16.3. The standard InChI is InChI=1S/C18H21F3N2.ClH/c19-18(20,21)9-8-17(23-12-10-22-11-13-23)16-7-3-5-14-4-1-2-6-15(14)16;/h1-7,17,22H,8-13H2;1H/t17-;/m0./s1. The summed E-state index contributed by atoms with van der Waals surface area (Å²) in [6, 6.07) is 13.7. The molecule has 132 valence electrons. The molecular formula is C18H22ClF3N2. The summed E-state index contributed by atoms with van der Waals surface area (Å²) >= 11 is 0. The SMILES string of the molecule is Cl.FC(F)(F)CC[C@@H](c1cccc2ccccc12)N1CCNCC1. The number of alkyl halides is 3. The Morgan fingerprint density at radius 1 is 1.00 bits per heavy atom. The fourth-order valence-corrected chi connectivity index (χ4v) is 3.37. The molecule has 0 unspecified atom stereocenters. The molecule has 2 nitrogen and oxygen atoms in total. The molecule has 0 radical (unpaired) electrons. The average Bonchev–Trinajstić information content (AvgIpc) is 2.55. The Morgan fingerprint density at radius 3 is 2.38 bits per heavy atom. The van der Waals surface area contributed by atoms with Crippen molar-refractivity contribution in [1.82, 2.24) is 10.2 Å². The molecule has 3 rings (SSSR count). The van der Waals surface area contributed by atoms with Gasteiger partial charge in [-0.3, -0.25) is 4.90 Å². The Bertz CT molecular complexity index is 649. The lowest BCUT2D eigenvalue weighted by molar-refractivity contribution is -0.138. The normalized spacial score (nSPS) is 17.5. The van der Waals surface area contributed by atoms with E-state index < -0.39 is 12.6 Å². The molecule has 1 heterocycles. The van der Waals surface area contributed by atoms with Gasteiger partial charge in [-0.05, 0) is 22.8 Å². The van der Waals surface area contributed by atoms with Crippen molar-refractivity contribution in [2.75, 3.05) is 26.2 Å². The first-order valence-corrected chi connectivity index (χ1v) is 8.04. The molecule has 1 aliphatic rings. The van der Waals surface area contributed by atoms with Crippen LogP contribution in [0.3, 0.4) is 0 Å². The van der Waals surface area contributed by atoms with Crippen molar-refractivity contribution in [3.05, 3.63) is 48.0 Å². The number of fused-ring (bicyclic) bond motifs is 1. The van der Waals surface area contributed by atoms with Crippen molar-refractivity contribution in [2.24, 2.45) is 0 Å². The second-order valence-corrected chi connectivity index (χ2v) is 6.02. The number of rotatable bonds is 4. The molecule has 0 aromatic heterocycles. The largest absolute Gasteiger partial charge is 0.389 e. The van der Waals surface area contributed by atoms with Gasteiger partial charge in [0.05, 0.1) is 0 Å². The molecule has 1 atom stereocenters. The fraction of sp³-hybridized carbons (Fsp3) is 0.444. The third-order valence-corrected chi connectivity index (χ3v) is 4.48. The topological polar surface area (TPSA) is 15.3 Å². The fourth-order valence-electron chi connectivity index (χ4n) is 3.37. The van der Waals surface area contributed by atoms with Crippen LogP contribution < -0.4 is 5.32 Å². The van der Waals surface area contributed by atoms with Gasteiger partial charge in [0, 0.05) is 38.6 Å². The van der Waals surface area contributed by atoms with E-state index in [2.05, 4.69) is 10.2 Å². The summed E-state index contributed by atoms with van der Waals surface area (Å²) in [5.41, 5.74) is 1.01. The molecule has 6 heteroatoms. The Morgan fingerprint density at radius 2 is 1.67 bits per heavy atom. The van der Waals surface area contributed by atoms with E-state index in [0.717, 1.165) is 42.5 Å². The number of nitrogens with zero attached hydrogens (tertiary/aromatic N) is 1. The van der Waals surface area contributed by atoms with E-state index in [4.69, 9.17) is 0 Å². The Labute approximate surface area is 146 Å². The van der Waals surface area contributed by atoms with Crippen molar-refractivity contribution >= 4 is 23.2 Å². The van der Waals surface area contributed by atoms with Crippen molar-refractivity contribution in [3.8, 4) is 0 Å². The maximum absolute atomic E-state index is 12.8. The van der Waals surface area contributed by atoms with Crippen LogP contribution in [0, 0.1) is 0 Å². The maximum atomic E-state index is 12.8.